The molecule has 23 heavy (non-hydrogen) atoms. The number of para-hydroxylation sites is 1. The molecule has 2 aliphatic carbocycles. The van der Waals surface area contributed by atoms with Crippen LogP contribution in [-0.4, -0.2) is 21.7 Å². The molecule has 4 rings (SSSR count). The van der Waals surface area contributed by atoms with E-state index in [9.17, 15) is 13.6 Å². The summed E-state index contributed by atoms with van der Waals surface area (Å²) in [5.74, 6) is -0.159. The summed E-state index contributed by atoms with van der Waals surface area (Å²) in [6, 6.07) is 3.82. The fourth-order valence-electron chi connectivity index (χ4n) is 3.59. The van der Waals surface area contributed by atoms with E-state index < -0.39 is 11.6 Å². The van der Waals surface area contributed by atoms with Gasteiger partial charge in [0.1, 0.15) is 5.69 Å². The van der Waals surface area contributed by atoms with Gasteiger partial charge in [0.05, 0.1) is 0 Å². The summed E-state index contributed by atoms with van der Waals surface area (Å²) in [5, 5.41) is 7.09. The van der Waals surface area contributed by atoms with Gasteiger partial charge in [-0.3, -0.25) is 4.79 Å². The summed E-state index contributed by atoms with van der Waals surface area (Å²) >= 11 is 0. The fraction of sp³-hybridized carbons (Fsp3) is 0.412. The van der Waals surface area contributed by atoms with Crippen LogP contribution in [0.1, 0.15) is 35.3 Å². The van der Waals surface area contributed by atoms with Crippen LogP contribution < -0.4 is 5.32 Å². The number of nitrogens with one attached hydrogen (secondary N) is 1. The Morgan fingerprint density at radius 3 is 2.52 bits per heavy atom. The summed E-state index contributed by atoms with van der Waals surface area (Å²) in [6.45, 7) is 1.71. The maximum absolute atomic E-state index is 13.9. The monoisotopic (exact) mass is 317 g/mol. The van der Waals surface area contributed by atoms with Crippen LogP contribution >= 0.6 is 0 Å². The first kappa shape index (κ1) is 14.4. The van der Waals surface area contributed by atoms with E-state index >= 15 is 0 Å². The molecule has 4 nitrogen and oxygen atoms in total. The number of benzene rings is 1. The van der Waals surface area contributed by atoms with Gasteiger partial charge >= 0.3 is 0 Å². The molecule has 2 aromatic rings. The van der Waals surface area contributed by atoms with Crippen molar-refractivity contribution in [2.45, 2.75) is 32.2 Å². The molecule has 2 atom stereocenters. The lowest BCUT2D eigenvalue weighted by molar-refractivity contribution is 0.0929. The Morgan fingerprint density at radius 1 is 1.22 bits per heavy atom. The molecule has 1 N–H and O–H groups in total. The summed E-state index contributed by atoms with van der Waals surface area (Å²) in [7, 11) is 0. The lowest BCUT2D eigenvalue weighted by Crippen LogP contribution is -2.34. The number of halogens is 2. The van der Waals surface area contributed by atoms with Crippen LogP contribution in [0.25, 0.3) is 5.69 Å². The maximum atomic E-state index is 13.9. The van der Waals surface area contributed by atoms with Gasteiger partial charge in [-0.2, -0.15) is 5.10 Å². The van der Waals surface area contributed by atoms with Crippen LogP contribution in [0.15, 0.2) is 24.4 Å². The summed E-state index contributed by atoms with van der Waals surface area (Å²) < 4.78 is 28.8. The Morgan fingerprint density at radius 2 is 1.87 bits per heavy atom. The number of aromatic nitrogens is 2. The van der Waals surface area contributed by atoms with Crippen molar-refractivity contribution in [1.29, 1.82) is 0 Å². The normalized spacial score (nSPS) is 25.3. The molecule has 120 valence electrons. The van der Waals surface area contributed by atoms with Crippen molar-refractivity contribution in [2.24, 2.45) is 11.8 Å². The van der Waals surface area contributed by atoms with Gasteiger partial charge in [-0.05, 0) is 50.2 Å². The highest BCUT2D eigenvalue weighted by Gasteiger charge is 2.46. The predicted octanol–water partition coefficient (Wildman–Crippen LogP) is 2.99. The molecular weight excluding hydrogens is 300 g/mol. The van der Waals surface area contributed by atoms with Gasteiger partial charge in [0.15, 0.2) is 17.3 Å². The Kier molecular flexibility index (Phi) is 3.21. The van der Waals surface area contributed by atoms with Gasteiger partial charge in [-0.15, -0.1) is 0 Å². The van der Waals surface area contributed by atoms with Gasteiger partial charge in [-0.25, -0.2) is 13.5 Å². The van der Waals surface area contributed by atoms with E-state index in [0.717, 1.165) is 29.4 Å². The van der Waals surface area contributed by atoms with Crippen LogP contribution in [-0.2, 0) is 0 Å². The Balaban J connectivity index is 1.58. The quantitative estimate of drug-likeness (QED) is 0.946. The molecule has 6 heteroatoms. The van der Waals surface area contributed by atoms with Crippen molar-refractivity contribution in [2.75, 3.05) is 0 Å². The molecule has 0 aliphatic heterocycles. The summed E-state index contributed by atoms with van der Waals surface area (Å²) in [4.78, 5) is 12.4. The van der Waals surface area contributed by atoms with Crippen molar-refractivity contribution in [3.63, 3.8) is 0 Å². The third-order valence-electron chi connectivity index (χ3n) is 4.86. The number of amides is 1. The lowest BCUT2D eigenvalue weighted by Gasteiger charge is -2.13. The van der Waals surface area contributed by atoms with E-state index in [1.54, 1.807) is 6.92 Å². The van der Waals surface area contributed by atoms with Crippen molar-refractivity contribution in [1.82, 2.24) is 15.1 Å². The molecule has 1 heterocycles. The highest BCUT2D eigenvalue weighted by Crippen LogP contribution is 2.51. The fourth-order valence-corrected chi connectivity index (χ4v) is 3.59. The maximum Gasteiger partial charge on any atom is 0.272 e. The minimum absolute atomic E-state index is 0.195. The molecule has 0 spiro atoms. The first-order chi connectivity index (χ1) is 11.0. The third-order valence-corrected chi connectivity index (χ3v) is 4.86. The van der Waals surface area contributed by atoms with Crippen molar-refractivity contribution in [3.05, 3.63) is 47.3 Å². The number of rotatable bonds is 3. The molecule has 1 aromatic heterocycles. The average molecular weight is 317 g/mol. The highest BCUT2D eigenvalue weighted by molar-refractivity contribution is 5.93. The molecular formula is C17H17F2N3O. The molecule has 1 aromatic carbocycles. The summed E-state index contributed by atoms with van der Waals surface area (Å²) in [5.41, 5.74) is 0.540. The average Bonchev–Trinajstić information content (AvgIpc) is 2.91. The lowest BCUT2D eigenvalue weighted by atomic mass is 10.1. The number of fused-ring (bicyclic) bond motifs is 1. The molecule has 2 saturated carbocycles. The van der Waals surface area contributed by atoms with Gasteiger partial charge in [-0.1, -0.05) is 6.07 Å². The molecule has 0 bridgehead atoms. The summed E-state index contributed by atoms with van der Waals surface area (Å²) in [6.07, 6.45) is 4.81. The zero-order valence-electron chi connectivity index (χ0n) is 12.7. The first-order valence-corrected chi connectivity index (χ1v) is 7.84. The van der Waals surface area contributed by atoms with Gasteiger partial charge in [0.25, 0.3) is 5.91 Å². The van der Waals surface area contributed by atoms with Gasteiger partial charge in [0.2, 0.25) is 0 Å². The minimum Gasteiger partial charge on any atom is -0.348 e. The smallest absolute Gasteiger partial charge is 0.272 e. The van der Waals surface area contributed by atoms with Crippen molar-refractivity contribution in [3.8, 4) is 5.69 Å². The second-order valence-corrected chi connectivity index (χ2v) is 6.57. The van der Waals surface area contributed by atoms with Crippen LogP contribution in [0.3, 0.4) is 0 Å². The number of hydrogen-bond donors (Lipinski definition) is 1. The molecule has 0 radical (unpaired) electrons. The number of nitrogens with zero attached hydrogens (tertiary/aromatic N) is 2. The van der Waals surface area contributed by atoms with Crippen molar-refractivity contribution < 1.29 is 13.6 Å². The molecule has 2 fully saturated rings. The third kappa shape index (κ3) is 2.52. The zero-order chi connectivity index (χ0) is 16.1. The largest absolute Gasteiger partial charge is 0.348 e. The predicted molar refractivity (Wildman–Crippen MR) is 80.3 cm³/mol. The van der Waals surface area contributed by atoms with Crippen LogP contribution in [0.4, 0.5) is 8.78 Å². The van der Waals surface area contributed by atoms with E-state index in [2.05, 4.69) is 10.4 Å². The van der Waals surface area contributed by atoms with E-state index in [1.807, 2.05) is 0 Å². The van der Waals surface area contributed by atoms with Gasteiger partial charge < -0.3 is 5.32 Å². The molecule has 2 unspecified atom stereocenters. The van der Waals surface area contributed by atoms with E-state index in [-0.39, 0.29) is 23.3 Å². The Labute approximate surface area is 132 Å². The number of carbonyl (C=O) groups is 1. The van der Waals surface area contributed by atoms with Crippen molar-refractivity contribution >= 4 is 5.91 Å². The minimum atomic E-state index is -0.713. The topological polar surface area (TPSA) is 46.9 Å². The van der Waals surface area contributed by atoms with Crippen LogP contribution in [0, 0.1) is 30.4 Å². The van der Waals surface area contributed by atoms with Crippen LogP contribution in [0.5, 0.6) is 0 Å². The Bertz CT molecular complexity index is 756. The number of carbonyl (C=O) groups excluding carboxylic acids is 1. The van der Waals surface area contributed by atoms with E-state index in [1.165, 1.54) is 30.8 Å². The molecule has 2 aliphatic rings. The SMILES string of the molecule is Cc1cn(-c2c(F)cccc2F)nc1C(=O)NC1CC2CC2C1. The zero-order valence-corrected chi connectivity index (χ0v) is 12.7. The second kappa shape index (κ2) is 5.15. The highest BCUT2D eigenvalue weighted by atomic mass is 19.1. The van der Waals surface area contributed by atoms with E-state index in [4.69, 9.17) is 0 Å². The van der Waals surface area contributed by atoms with E-state index in [0.29, 0.717) is 5.56 Å². The molecule has 0 saturated heterocycles. The van der Waals surface area contributed by atoms with Crippen LogP contribution in [0.2, 0.25) is 0 Å². The molecule has 1 amide bonds. The number of hydrogen-bond acceptors (Lipinski definition) is 2. The number of aryl methyl sites for hydroxylation is 1. The Hall–Kier alpha value is -2.24. The second-order valence-electron chi connectivity index (χ2n) is 6.57. The standard InChI is InChI=1S/C17H17F2N3O/c1-9-8-22(16-13(18)3-2-4-14(16)19)21-15(9)17(23)20-12-6-10-5-11(10)7-12/h2-4,8,10-12H,5-7H2,1H3,(H,20,23). The van der Waals surface area contributed by atoms with Gasteiger partial charge in [0, 0.05) is 17.8 Å². The first-order valence-electron chi connectivity index (χ1n) is 7.84.